The van der Waals surface area contributed by atoms with Gasteiger partial charge in [0.15, 0.2) is 5.16 Å². The Morgan fingerprint density at radius 3 is 2.72 bits per heavy atom. The summed E-state index contributed by atoms with van der Waals surface area (Å²) >= 11 is 1.19. The number of carboxylic acids is 1. The van der Waals surface area contributed by atoms with Crippen molar-refractivity contribution in [1.82, 2.24) is 20.1 Å². The quantitative estimate of drug-likeness (QED) is 0.564. The third-order valence-corrected chi connectivity index (χ3v) is 4.04. The van der Waals surface area contributed by atoms with Gasteiger partial charge in [-0.25, -0.2) is 0 Å². The molecule has 98 valence electrons. The van der Waals surface area contributed by atoms with Crippen molar-refractivity contribution in [3.05, 3.63) is 20.7 Å². The monoisotopic (exact) mass is 272 g/mol. The number of rotatable bonds is 4. The summed E-state index contributed by atoms with van der Waals surface area (Å²) in [6, 6.07) is 0. The van der Waals surface area contributed by atoms with Gasteiger partial charge in [0.1, 0.15) is 0 Å². The van der Waals surface area contributed by atoms with Gasteiger partial charge in [-0.3, -0.25) is 24.2 Å². The second-order valence-corrected chi connectivity index (χ2v) is 5.59. The van der Waals surface area contributed by atoms with Crippen molar-refractivity contribution in [3.63, 3.8) is 0 Å². The first-order chi connectivity index (χ1) is 8.42. The maximum Gasteiger partial charge on any atom is 0.339 e. The highest BCUT2D eigenvalue weighted by molar-refractivity contribution is 8.00. The Morgan fingerprint density at radius 1 is 1.56 bits per heavy atom. The molecule has 0 aromatic carbocycles. The zero-order chi connectivity index (χ0) is 13.3. The van der Waals surface area contributed by atoms with Crippen LogP contribution in [0.25, 0.3) is 0 Å². The minimum atomic E-state index is -0.904. The molecule has 8 nitrogen and oxygen atoms in total. The van der Waals surface area contributed by atoms with Crippen LogP contribution in [0.4, 0.5) is 0 Å². The zero-order valence-electron chi connectivity index (χ0n) is 9.60. The molecule has 2 rings (SSSR count). The van der Waals surface area contributed by atoms with E-state index in [9.17, 15) is 14.4 Å². The summed E-state index contributed by atoms with van der Waals surface area (Å²) in [4.78, 5) is 36.7. The second-order valence-electron chi connectivity index (χ2n) is 4.16. The van der Waals surface area contributed by atoms with Crippen LogP contribution in [0.3, 0.4) is 0 Å². The van der Waals surface area contributed by atoms with Crippen LogP contribution in [-0.2, 0) is 11.8 Å². The van der Waals surface area contributed by atoms with Gasteiger partial charge in [-0.05, 0) is 0 Å². The molecule has 2 heterocycles. The fourth-order valence-corrected chi connectivity index (χ4v) is 2.90. The highest BCUT2D eigenvalue weighted by Crippen LogP contribution is 2.36. The number of hydrogen-bond donors (Lipinski definition) is 3. The fraction of sp³-hybridized carbons (Fsp3) is 0.556. The van der Waals surface area contributed by atoms with Crippen molar-refractivity contribution in [2.75, 3.05) is 13.1 Å². The molecule has 0 amide bonds. The van der Waals surface area contributed by atoms with E-state index in [0.717, 1.165) is 0 Å². The third kappa shape index (κ3) is 2.46. The number of carbonyl (C=O) groups is 1. The number of aryl methyl sites for hydroxylation is 1. The summed E-state index contributed by atoms with van der Waals surface area (Å²) in [5.41, 5.74) is -1.66. The highest BCUT2D eigenvalue weighted by atomic mass is 32.2. The predicted molar refractivity (Wildman–Crippen MR) is 63.8 cm³/mol. The summed E-state index contributed by atoms with van der Waals surface area (Å²) in [5.74, 6) is -0.904. The number of aromatic nitrogens is 3. The van der Waals surface area contributed by atoms with Crippen molar-refractivity contribution >= 4 is 17.7 Å². The molecule has 0 bridgehead atoms. The van der Waals surface area contributed by atoms with Gasteiger partial charge in [-0.15, -0.1) is 0 Å². The Bertz CT molecular complexity index is 589. The van der Waals surface area contributed by atoms with Crippen LogP contribution in [-0.4, -0.2) is 43.7 Å². The Morgan fingerprint density at radius 2 is 2.22 bits per heavy atom. The van der Waals surface area contributed by atoms with Gasteiger partial charge in [0.25, 0.3) is 0 Å². The van der Waals surface area contributed by atoms with Crippen LogP contribution in [0.2, 0.25) is 0 Å². The summed E-state index contributed by atoms with van der Waals surface area (Å²) in [7, 11) is 1.55. The number of nitrogens with zero attached hydrogens (tertiary/aromatic N) is 2. The fourth-order valence-electron chi connectivity index (χ4n) is 1.66. The van der Waals surface area contributed by atoms with Crippen LogP contribution in [0.15, 0.2) is 14.7 Å². The van der Waals surface area contributed by atoms with Gasteiger partial charge in [-0.1, -0.05) is 11.8 Å². The number of aromatic amines is 1. The number of thioether (sulfide) groups is 1. The lowest BCUT2D eigenvalue weighted by Gasteiger charge is -2.40. The normalized spacial score (nSPS) is 17.2. The van der Waals surface area contributed by atoms with Crippen LogP contribution in [0.1, 0.15) is 6.42 Å². The van der Waals surface area contributed by atoms with E-state index in [1.54, 1.807) is 7.05 Å². The molecule has 18 heavy (non-hydrogen) atoms. The van der Waals surface area contributed by atoms with Crippen LogP contribution < -0.4 is 16.4 Å². The number of carboxylic acid groups (broad SMARTS) is 1. The molecule has 0 spiro atoms. The lowest BCUT2D eigenvalue weighted by molar-refractivity contribution is -0.138. The van der Waals surface area contributed by atoms with Gasteiger partial charge in [0, 0.05) is 20.1 Å². The molecule has 0 atom stereocenters. The minimum absolute atomic E-state index is 0.0281. The Balaban J connectivity index is 2.28. The zero-order valence-corrected chi connectivity index (χ0v) is 10.4. The first-order valence-corrected chi connectivity index (χ1v) is 6.02. The molecule has 1 aromatic heterocycles. The van der Waals surface area contributed by atoms with Gasteiger partial charge < -0.3 is 10.4 Å². The van der Waals surface area contributed by atoms with E-state index in [1.807, 2.05) is 0 Å². The number of aliphatic carboxylic acids is 1. The Labute approximate surface area is 105 Å². The van der Waals surface area contributed by atoms with E-state index in [4.69, 9.17) is 5.11 Å². The van der Waals surface area contributed by atoms with Crippen molar-refractivity contribution in [2.24, 2.45) is 7.05 Å². The Hall–Kier alpha value is -1.61. The lowest BCUT2D eigenvalue weighted by Crippen LogP contribution is -2.58. The van der Waals surface area contributed by atoms with Crippen molar-refractivity contribution in [3.8, 4) is 0 Å². The van der Waals surface area contributed by atoms with Crippen molar-refractivity contribution in [1.29, 1.82) is 0 Å². The van der Waals surface area contributed by atoms with Gasteiger partial charge in [-0.2, -0.15) is 4.98 Å². The largest absolute Gasteiger partial charge is 0.481 e. The molecule has 1 fully saturated rings. The molecule has 3 N–H and O–H groups in total. The average molecular weight is 272 g/mol. The molecule has 0 saturated carbocycles. The maximum atomic E-state index is 11.2. The molecular weight excluding hydrogens is 260 g/mol. The smallest absolute Gasteiger partial charge is 0.339 e. The maximum absolute atomic E-state index is 11.2. The number of H-pyrrole nitrogens is 1. The number of nitrogens with one attached hydrogen (secondary N) is 2. The Kier molecular flexibility index (Phi) is 3.26. The molecule has 9 heteroatoms. The first kappa shape index (κ1) is 12.8. The molecule has 0 aliphatic carbocycles. The SMILES string of the molecule is Cn1[nH]c(=O)c(=O)nc1SC1(CC(=O)O)CNC1. The lowest BCUT2D eigenvalue weighted by atomic mass is 9.98. The molecule has 1 saturated heterocycles. The van der Waals surface area contributed by atoms with E-state index >= 15 is 0 Å². The van der Waals surface area contributed by atoms with Crippen molar-refractivity contribution in [2.45, 2.75) is 16.3 Å². The first-order valence-electron chi connectivity index (χ1n) is 5.21. The van der Waals surface area contributed by atoms with Crippen LogP contribution in [0.5, 0.6) is 0 Å². The average Bonchev–Trinajstić information content (AvgIpc) is 2.22. The van der Waals surface area contributed by atoms with E-state index in [0.29, 0.717) is 18.2 Å². The third-order valence-electron chi connectivity index (χ3n) is 2.62. The van der Waals surface area contributed by atoms with E-state index in [1.165, 1.54) is 16.4 Å². The predicted octanol–water partition coefficient (Wildman–Crippen LogP) is -1.62. The van der Waals surface area contributed by atoms with Gasteiger partial charge in [0.05, 0.1) is 11.2 Å². The molecule has 0 unspecified atom stereocenters. The standard InChI is InChI=1S/C9H12N4O4S/c1-13-8(11-6(16)7(17)12-13)18-9(2-5(14)15)3-10-4-9/h10H,2-4H2,1H3,(H,12,17)(H,14,15). The summed E-state index contributed by atoms with van der Waals surface area (Å²) in [6.45, 7) is 1.05. The molecule has 0 radical (unpaired) electrons. The summed E-state index contributed by atoms with van der Waals surface area (Å²) < 4.78 is 0.817. The van der Waals surface area contributed by atoms with Crippen molar-refractivity contribution < 1.29 is 9.90 Å². The minimum Gasteiger partial charge on any atom is -0.481 e. The summed E-state index contributed by atoms with van der Waals surface area (Å²) in [6.07, 6.45) is -0.0281. The van der Waals surface area contributed by atoms with E-state index in [2.05, 4.69) is 15.4 Å². The highest BCUT2D eigenvalue weighted by Gasteiger charge is 2.41. The van der Waals surface area contributed by atoms with Gasteiger partial charge in [0.2, 0.25) is 0 Å². The molecule has 1 aromatic rings. The topological polar surface area (TPSA) is 117 Å². The van der Waals surface area contributed by atoms with Crippen LogP contribution >= 0.6 is 11.8 Å². The summed E-state index contributed by atoms with van der Waals surface area (Å²) in [5, 5.41) is 14.5. The molecular formula is C9H12N4O4S. The molecule has 1 aliphatic heterocycles. The van der Waals surface area contributed by atoms with E-state index in [-0.39, 0.29) is 6.42 Å². The number of hydrogen-bond acceptors (Lipinski definition) is 6. The van der Waals surface area contributed by atoms with Crippen LogP contribution in [0, 0.1) is 0 Å². The molecule has 1 aliphatic rings. The second kappa shape index (κ2) is 4.58. The van der Waals surface area contributed by atoms with E-state index < -0.39 is 21.8 Å². The van der Waals surface area contributed by atoms with Gasteiger partial charge >= 0.3 is 17.1 Å².